The summed E-state index contributed by atoms with van der Waals surface area (Å²) in [6.45, 7) is 3.20. The van der Waals surface area contributed by atoms with Crippen LogP contribution in [0, 0.1) is 6.92 Å². The summed E-state index contributed by atoms with van der Waals surface area (Å²) in [5.74, 6) is 1.32. The number of phenolic OH excluding ortho intramolecular Hbond substituents is 1. The first-order valence-corrected chi connectivity index (χ1v) is 11.0. The highest BCUT2D eigenvalue weighted by Gasteiger charge is 2.23. The van der Waals surface area contributed by atoms with Gasteiger partial charge in [-0.15, -0.1) is 0 Å². The molecule has 0 spiro atoms. The van der Waals surface area contributed by atoms with Crippen LogP contribution in [0.2, 0.25) is 0 Å². The summed E-state index contributed by atoms with van der Waals surface area (Å²) in [6, 6.07) is 22.7. The molecule has 1 N–H and O–H groups in total. The molecule has 1 aliphatic rings. The average molecular weight is 437 g/mol. The van der Waals surface area contributed by atoms with E-state index in [9.17, 15) is 9.90 Å². The molecule has 1 aliphatic heterocycles. The molecule has 0 unspecified atom stereocenters. The number of hydrogen-bond acceptors (Lipinski definition) is 4. The molecular formula is C28H24N2O3. The number of carbonyl (C=O) groups excluding carboxylic acids is 1. The van der Waals surface area contributed by atoms with Crippen LogP contribution >= 0.6 is 0 Å². The predicted octanol–water partition coefficient (Wildman–Crippen LogP) is 5.95. The summed E-state index contributed by atoms with van der Waals surface area (Å²) < 4.78 is 6.04. The third-order valence-electron chi connectivity index (χ3n) is 5.96. The molecule has 0 bridgehead atoms. The van der Waals surface area contributed by atoms with Crippen molar-refractivity contribution in [1.29, 1.82) is 0 Å². The molecule has 3 aromatic carbocycles. The maximum absolute atomic E-state index is 13.4. The summed E-state index contributed by atoms with van der Waals surface area (Å²) in [6.07, 6.45) is 4.54. The third kappa shape index (κ3) is 4.30. The van der Waals surface area contributed by atoms with Crippen LogP contribution < -0.4 is 0 Å². The van der Waals surface area contributed by atoms with E-state index >= 15 is 0 Å². The van der Waals surface area contributed by atoms with Gasteiger partial charge in [-0.2, -0.15) is 0 Å². The lowest BCUT2D eigenvalue weighted by Crippen LogP contribution is -2.35. The zero-order valence-electron chi connectivity index (χ0n) is 18.4. The van der Waals surface area contributed by atoms with Gasteiger partial charge in [0, 0.05) is 24.2 Å². The number of aryl methyl sites for hydroxylation is 1. The van der Waals surface area contributed by atoms with Crippen molar-refractivity contribution in [2.75, 3.05) is 13.1 Å². The maximum Gasteiger partial charge on any atom is 0.254 e. The molecule has 0 atom stereocenters. The number of phenols is 1. The van der Waals surface area contributed by atoms with E-state index in [0.29, 0.717) is 35.9 Å². The summed E-state index contributed by atoms with van der Waals surface area (Å²) >= 11 is 0. The third-order valence-corrected chi connectivity index (χ3v) is 5.96. The Morgan fingerprint density at radius 1 is 0.970 bits per heavy atom. The zero-order chi connectivity index (χ0) is 22.8. The van der Waals surface area contributed by atoms with Crippen LogP contribution in [0.4, 0.5) is 0 Å². The standard InChI is InChI=1S/C28H24N2O3/c1-19-6-8-22(9-7-19)26-18-29-27(33-26)24-4-2-3-5-25(24)28(32)30-16-14-21(15-17-30)20-10-12-23(31)13-11-20/h2-14,18,31H,15-17H2,1H3. The van der Waals surface area contributed by atoms with E-state index in [1.54, 1.807) is 18.3 Å². The summed E-state index contributed by atoms with van der Waals surface area (Å²) in [4.78, 5) is 19.7. The van der Waals surface area contributed by atoms with Gasteiger partial charge in [-0.25, -0.2) is 4.98 Å². The number of benzene rings is 3. The molecule has 33 heavy (non-hydrogen) atoms. The SMILES string of the molecule is Cc1ccc(-c2cnc(-c3ccccc3C(=O)N3CC=C(c4ccc(O)cc4)CC3)o2)cc1. The highest BCUT2D eigenvalue weighted by atomic mass is 16.4. The fraction of sp³-hybridized carbons (Fsp3) is 0.143. The first-order chi connectivity index (χ1) is 16.1. The number of oxazole rings is 1. The van der Waals surface area contributed by atoms with Crippen LogP contribution in [0.15, 0.2) is 89.5 Å². The smallest absolute Gasteiger partial charge is 0.254 e. The van der Waals surface area contributed by atoms with Crippen LogP contribution in [0.1, 0.15) is 27.9 Å². The van der Waals surface area contributed by atoms with Gasteiger partial charge in [-0.3, -0.25) is 4.79 Å². The van der Waals surface area contributed by atoms with Crippen LogP contribution in [-0.2, 0) is 0 Å². The molecule has 0 aliphatic carbocycles. The second kappa shape index (κ2) is 8.79. The summed E-state index contributed by atoms with van der Waals surface area (Å²) in [7, 11) is 0. The predicted molar refractivity (Wildman–Crippen MR) is 129 cm³/mol. The van der Waals surface area contributed by atoms with E-state index in [2.05, 4.69) is 11.1 Å². The minimum absolute atomic E-state index is 0.0401. The zero-order valence-corrected chi connectivity index (χ0v) is 18.4. The normalized spacial score (nSPS) is 13.6. The molecular weight excluding hydrogens is 412 g/mol. The first-order valence-electron chi connectivity index (χ1n) is 11.0. The van der Waals surface area contributed by atoms with E-state index in [1.165, 1.54) is 11.1 Å². The van der Waals surface area contributed by atoms with Gasteiger partial charge in [0.2, 0.25) is 5.89 Å². The average Bonchev–Trinajstić information content (AvgIpc) is 3.35. The Labute approximate surface area is 192 Å². The lowest BCUT2D eigenvalue weighted by atomic mass is 9.98. The molecule has 0 saturated heterocycles. The van der Waals surface area contributed by atoms with Gasteiger partial charge in [0.15, 0.2) is 5.76 Å². The number of hydrogen-bond donors (Lipinski definition) is 1. The van der Waals surface area contributed by atoms with E-state index < -0.39 is 0 Å². The monoisotopic (exact) mass is 436 g/mol. The molecule has 5 rings (SSSR count). The highest BCUT2D eigenvalue weighted by Crippen LogP contribution is 2.30. The Morgan fingerprint density at radius 3 is 2.42 bits per heavy atom. The van der Waals surface area contributed by atoms with E-state index in [1.807, 2.05) is 72.5 Å². The minimum Gasteiger partial charge on any atom is -0.508 e. The number of amides is 1. The number of rotatable bonds is 4. The van der Waals surface area contributed by atoms with Gasteiger partial charge in [0.05, 0.1) is 11.8 Å². The van der Waals surface area contributed by atoms with Gasteiger partial charge in [0.1, 0.15) is 5.75 Å². The number of nitrogens with zero attached hydrogens (tertiary/aromatic N) is 2. The molecule has 0 radical (unpaired) electrons. The first kappa shape index (κ1) is 20.8. The molecule has 5 heteroatoms. The number of carbonyl (C=O) groups is 1. The molecule has 5 nitrogen and oxygen atoms in total. The fourth-order valence-corrected chi connectivity index (χ4v) is 4.07. The van der Waals surface area contributed by atoms with E-state index in [0.717, 1.165) is 17.5 Å². The number of aromatic nitrogens is 1. The molecule has 0 saturated carbocycles. The Bertz CT molecular complexity index is 1320. The molecule has 0 fully saturated rings. The van der Waals surface area contributed by atoms with Crippen molar-refractivity contribution >= 4 is 11.5 Å². The summed E-state index contributed by atoms with van der Waals surface area (Å²) in [5, 5.41) is 9.51. The largest absolute Gasteiger partial charge is 0.508 e. The van der Waals surface area contributed by atoms with Gasteiger partial charge in [0.25, 0.3) is 5.91 Å². The van der Waals surface area contributed by atoms with Crippen molar-refractivity contribution in [3.63, 3.8) is 0 Å². The minimum atomic E-state index is -0.0401. The lowest BCUT2D eigenvalue weighted by Gasteiger charge is -2.27. The van der Waals surface area contributed by atoms with Crippen LogP contribution in [0.25, 0.3) is 28.4 Å². The van der Waals surface area contributed by atoms with E-state index in [-0.39, 0.29) is 11.7 Å². The second-order valence-corrected chi connectivity index (χ2v) is 8.22. The maximum atomic E-state index is 13.4. The number of aromatic hydroxyl groups is 1. The Hall–Kier alpha value is -4.12. The van der Waals surface area contributed by atoms with Crippen LogP contribution in [0.3, 0.4) is 0 Å². The van der Waals surface area contributed by atoms with Crippen molar-refractivity contribution < 1.29 is 14.3 Å². The molecule has 164 valence electrons. The molecule has 2 heterocycles. The molecule has 1 amide bonds. The van der Waals surface area contributed by atoms with E-state index in [4.69, 9.17) is 4.42 Å². The van der Waals surface area contributed by atoms with Crippen molar-refractivity contribution in [3.8, 4) is 28.5 Å². The van der Waals surface area contributed by atoms with Gasteiger partial charge >= 0.3 is 0 Å². The van der Waals surface area contributed by atoms with Crippen molar-refractivity contribution in [2.45, 2.75) is 13.3 Å². The van der Waals surface area contributed by atoms with Crippen molar-refractivity contribution in [1.82, 2.24) is 9.88 Å². The van der Waals surface area contributed by atoms with Crippen molar-refractivity contribution in [3.05, 3.63) is 102 Å². The van der Waals surface area contributed by atoms with Gasteiger partial charge < -0.3 is 14.4 Å². The Balaban J connectivity index is 1.38. The van der Waals surface area contributed by atoms with Gasteiger partial charge in [-0.05, 0) is 48.7 Å². The highest BCUT2D eigenvalue weighted by molar-refractivity contribution is 6.00. The molecule has 4 aromatic rings. The molecule has 1 aromatic heterocycles. The summed E-state index contributed by atoms with van der Waals surface area (Å²) in [5.41, 5.74) is 5.65. The lowest BCUT2D eigenvalue weighted by molar-refractivity contribution is 0.0773. The second-order valence-electron chi connectivity index (χ2n) is 8.22. The van der Waals surface area contributed by atoms with Crippen LogP contribution in [0.5, 0.6) is 5.75 Å². The van der Waals surface area contributed by atoms with Crippen LogP contribution in [-0.4, -0.2) is 34.0 Å². The quantitative estimate of drug-likeness (QED) is 0.429. The van der Waals surface area contributed by atoms with Gasteiger partial charge in [-0.1, -0.05) is 60.2 Å². The Kier molecular flexibility index (Phi) is 5.53. The van der Waals surface area contributed by atoms with Crippen molar-refractivity contribution in [2.24, 2.45) is 0 Å². The Morgan fingerprint density at radius 2 is 1.70 bits per heavy atom. The fourth-order valence-electron chi connectivity index (χ4n) is 4.07. The topological polar surface area (TPSA) is 66.6 Å².